The Bertz CT molecular complexity index is 1120. The number of amides is 1. The standard InChI is InChI=1S/C23H26ClN5O2S/c1-31-20-7-5-18(6-8-20)22-25-26-23(32)29(22)10-9-21(30)28-13-11-27(12-14-28)16-17-3-2-4-19(24)15-17/h2-8,15H,9-14,16H2,1H3,(H,26,32). The molecule has 168 valence electrons. The third-order valence-electron chi connectivity index (χ3n) is 5.68. The number of piperazine rings is 1. The minimum atomic E-state index is 0.135. The Morgan fingerprint density at radius 1 is 1.16 bits per heavy atom. The van der Waals surface area contributed by atoms with E-state index in [4.69, 9.17) is 28.6 Å². The number of ether oxygens (including phenoxy) is 1. The SMILES string of the molecule is COc1ccc(-c2n[nH]c(=S)n2CCC(=O)N2CCN(Cc3cccc(Cl)c3)CC2)cc1. The van der Waals surface area contributed by atoms with Crippen LogP contribution in [0.2, 0.25) is 5.02 Å². The summed E-state index contributed by atoms with van der Waals surface area (Å²) in [6.45, 7) is 4.47. The first kappa shape index (κ1) is 22.5. The molecule has 9 heteroatoms. The van der Waals surface area contributed by atoms with Crippen molar-refractivity contribution >= 4 is 29.7 Å². The first-order valence-corrected chi connectivity index (χ1v) is 11.4. The number of halogens is 1. The number of carbonyl (C=O) groups is 1. The number of aromatic nitrogens is 3. The van der Waals surface area contributed by atoms with Gasteiger partial charge in [-0.15, -0.1) is 0 Å². The molecule has 0 radical (unpaired) electrons. The van der Waals surface area contributed by atoms with E-state index >= 15 is 0 Å². The van der Waals surface area contributed by atoms with Gasteiger partial charge in [0.1, 0.15) is 5.75 Å². The highest BCUT2D eigenvalue weighted by Crippen LogP contribution is 2.21. The highest BCUT2D eigenvalue weighted by molar-refractivity contribution is 7.71. The van der Waals surface area contributed by atoms with E-state index < -0.39 is 0 Å². The van der Waals surface area contributed by atoms with Crippen molar-refractivity contribution in [3.8, 4) is 17.1 Å². The number of hydrogen-bond acceptors (Lipinski definition) is 5. The van der Waals surface area contributed by atoms with Crippen LogP contribution in [0.15, 0.2) is 48.5 Å². The van der Waals surface area contributed by atoms with Crippen LogP contribution < -0.4 is 4.74 Å². The van der Waals surface area contributed by atoms with Crippen LogP contribution in [0.5, 0.6) is 5.75 Å². The number of nitrogens with zero attached hydrogens (tertiary/aromatic N) is 4. The van der Waals surface area contributed by atoms with Gasteiger partial charge in [-0.3, -0.25) is 19.4 Å². The number of hydrogen-bond donors (Lipinski definition) is 1. The monoisotopic (exact) mass is 471 g/mol. The molecule has 1 aliphatic heterocycles. The molecule has 1 aliphatic rings. The van der Waals surface area contributed by atoms with Crippen molar-refractivity contribution < 1.29 is 9.53 Å². The van der Waals surface area contributed by atoms with Crippen LogP contribution in [0.4, 0.5) is 0 Å². The van der Waals surface area contributed by atoms with Crippen molar-refractivity contribution in [3.05, 3.63) is 63.9 Å². The molecule has 1 fully saturated rings. The number of carbonyl (C=O) groups excluding carboxylic acids is 1. The first-order chi connectivity index (χ1) is 15.5. The largest absolute Gasteiger partial charge is 0.497 e. The third kappa shape index (κ3) is 5.38. The maximum Gasteiger partial charge on any atom is 0.224 e. The molecule has 1 aromatic heterocycles. The van der Waals surface area contributed by atoms with Crippen LogP contribution in [-0.2, 0) is 17.9 Å². The summed E-state index contributed by atoms with van der Waals surface area (Å²) < 4.78 is 7.61. The van der Waals surface area contributed by atoms with E-state index in [-0.39, 0.29) is 5.91 Å². The van der Waals surface area contributed by atoms with E-state index in [0.29, 0.717) is 17.7 Å². The van der Waals surface area contributed by atoms with Gasteiger partial charge in [-0.25, -0.2) is 0 Å². The molecule has 1 amide bonds. The van der Waals surface area contributed by atoms with E-state index in [1.54, 1.807) is 7.11 Å². The summed E-state index contributed by atoms with van der Waals surface area (Å²) in [7, 11) is 1.63. The van der Waals surface area contributed by atoms with E-state index in [9.17, 15) is 4.79 Å². The van der Waals surface area contributed by atoms with Gasteiger partial charge in [0.05, 0.1) is 7.11 Å². The number of rotatable bonds is 7. The average molecular weight is 472 g/mol. The van der Waals surface area contributed by atoms with E-state index in [2.05, 4.69) is 21.2 Å². The van der Waals surface area contributed by atoms with Crippen molar-refractivity contribution in [1.82, 2.24) is 24.6 Å². The zero-order chi connectivity index (χ0) is 22.5. The Morgan fingerprint density at radius 3 is 2.59 bits per heavy atom. The fourth-order valence-corrected chi connectivity index (χ4v) is 4.34. The molecule has 0 unspecified atom stereocenters. The molecule has 32 heavy (non-hydrogen) atoms. The van der Waals surface area contributed by atoms with E-state index in [0.717, 1.165) is 54.9 Å². The van der Waals surface area contributed by atoms with Gasteiger partial charge in [-0.1, -0.05) is 23.7 Å². The lowest BCUT2D eigenvalue weighted by molar-refractivity contribution is -0.133. The highest BCUT2D eigenvalue weighted by atomic mass is 35.5. The van der Waals surface area contributed by atoms with Gasteiger partial charge < -0.3 is 9.64 Å². The number of benzene rings is 2. The molecule has 1 saturated heterocycles. The van der Waals surface area contributed by atoms with E-state index in [1.165, 1.54) is 5.56 Å². The van der Waals surface area contributed by atoms with Crippen LogP contribution in [0.25, 0.3) is 11.4 Å². The molecule has 0 atom stereocenters. The minimum absolute atomic E-state index is 0.135. The van der Waals surface area contributed by atoms with E-state index in [1.807, 2.05) is 51.9 Å². The quantitative estimate of drug-likeness (QED) is 0.527. The summed E-state index contributed by atoms with van der Waals surface area (Å²) in [5.74, 6) is 1.63. The summed E-state index contributed by atoms with van der Waals surface area (Å²) in [5.41, 5.74) is 2.11. The summed E-state index contributed by atoms with van der Waals surface area (Å²) in [5, 5.41) is 7.95. The summed E-state index contributed by atoms with van der Waals surface area (Å²) in [4.78, 5) is 17.1. The normalized spacial score (nSPS) is 14.5. The second kappa shape index (κ2) is 10.3. The molecule has 0 bridgehead atoms. The third-order valence-corrected chi connectivity index (χ3v) is 6.22. The summed E-state index contributed by atoms with van der Waals surface area (Å²) >= 11 is 11.5. The predicted molar refractivity (Wildman–Crippen MR) is 127 cm³/mol. The van der Waals surface area contributed by atoms with Crippen molar-refractivity contribution in [1.29, 1.82) is 0 Å². The number of nitrogens with one attached hydrogen (secondary N) is 1. The summed E-state index contributed by atoms with van der Waals surface area (Å²) in [6, 6.07) is 15.6. The van der Waals surface area contributed by atoms with Crippen LogP contribution in [0, 0.1) is 4.77 Å². The van der Waals surface area contributed by atoms with Crippen molar-refractivity contribution in [2.24, 2.45) is 0 Å². The number of aromatic amines is 1. The molecule has 7 nitrogen and oxygen atoms in total. The van der Waals surface area contributed by atoms with Gasteiger partial charge in [0.25, 0.3) is 0 Å². The number of methoxy groups -OCH3 is 1. The predicted octanol–water partition coefficient (Wildman–Crippen LogP) is 4.00. The fraction of sp³-hybridized carbons (Fsp3) is 0.348. The van der Waals surface area contributed by atoms with Gasteiger partial charge in [-0.2, -0.15) is 5.10 Å². The maximum atomic E-state index is 12.8. The Labute approximate surface area is 197 Å². The molecule has 2 aromatic carbocycles. The second-order valence-electron chi connectivity index (χ2n) is 7.77. The molecule has 2 heterocycles. The molecule has 4 rings (SSSR count). The smallest absolute Gasteiger partial charge is 0.224 e. The van der Waals surface area contributed by atoms with Crippen LogP contribution in [0.3, 0.4) is 0 Å². The van der Waals surface area contributed by atoms with Gasteiger partial charge in [0.15, 0.2) is 10.6 Å². The van der Waals surface area contributed by atoms with Gasteiger partial charge in [0, 0.05) is 56.3 Å². The first-order valence-electron chi connectivity index (χ1n) is 10.6. The topological polar surface area (TPSA) is 66.4 Å². The zero-order valence-electron chi connectivity index (χ0n) is 18.0. The zero-order valence-corrected chi connectivity index (χ0v) is 19.5. The number of H-pyrrole nitrogens is 1. The Hall–Kier alpha value is -2.68. The maximum absolute atomic E-state index is 12.8. The Balaban J connectivity index is 1.32. The lowest BCUT2D eigenvalue weighted by Crippen LogP contribution is -2.48. The second-order valence-corrected chi connectivity index (χ2v) is 8.59. The molecule has 3 aromatic rings. The van der Waals surface area contributed by atoms with Crippen molar-refractivity contribution in [2.45, 2.75) is 19.5 Å². The van der Waals surface area contributed by atoms with Crippen molar-refractivity contribution in [2.75, 3.05) is 33.3 Å². The highest BCUT2D eigenvalue weighted by Gasteiger charge is 2.21. The minimum Gasteiger partial charge on any atom is -0.497 e. The van der Waals surface area contributed by atoms with Gasteiger partial charge in [0.2, 0.25) is 5.91 Å². The molecule has 0 spiro atoms. The van der Waals surface area contributed by atoms with Crippen LogP contribution in [-0.4, -0.2) is 63.8 Å². The lowest BCUT2D eigenvalue weighted by Gasteiger charge is -2.35. The van der Waals surface area contributed by atoms with Crippen molar-refractivity contribution in [3.63, 3.8) is 0 Å². The van der Waals surface area contributed by atoms with Gasteiger partial charge >= 0.3 is 0 Å². The molecule has 0 aliphatic carbocycles. The van der Waals surface area contributed by atoms with Crippen LogP contribution >= 0.6 is 23.8 Å². The van der Waals surface area contributed by atoms with Gasteiger partial charge in [-0.05, 0) is 54.2 Å². The van der Waals surface area contributed by atoms with Crippen LogP contribution in [0.1, 0.15) is 12.0 Å². The Morgan fingerprint density at radius 2 is 1.91 bits per heavy atom. The summed E-state index contributed by atoms with van der Waals surface area (Å²) in [6.07, 6.45) is 0.380. The lowest BCUT2D eigenvalue weighted by atomic mass is 10.2. The molecular weight excluding hydrogens is 446 g/mol. The molecule has 0 saturated carbocycles. The fourth-order valence-electron chi connectivity index (χ4n) is 3.90. The Kier molecular flexibility index (Phi) is 7.24. The molecule has 1 N–H and O–H groups in total. The average Bonchev–Trinajstić information content (AvgIpc) is 3.18. The molecular formula is C23H26ClN5O2S.